The van der Waals surface area contributed by atoms with Gasteiger partial charge in [-0.05, 0) is 24.3 Å². The average Bonchev–Trinajstić information content (AvgIpc) is 3.03. The van der Waals surface area contributed by atoms with Crippen LogP contribution in [-0.2, 0) is 9.59 Å². The molecule has 0 saturated carbocycles. The van der Waals surface area contributed by atoms with Gasteiger partial charge in [0.2, 0.25) is 11.8 Å². The first-order valence-electron chi connectivity index (χ1n) is 7.86. The van der Waals surface area contributed by atoms with Crippen LogP contribution in [0, 0.1) is 5.92 Å². The summed E-state index contributed by atoms with van der Waals surface area (Å²) in [5, 5.41) is 2.74. The van der Waals surface area contributed by atoms with Gasteiger partial charge in [-0.15, -0.1) is 0 Å². The molecule has 1 atom stereocenters. The van der Waals surface area contributed by atoms with E-state index in [0.29, 0.717) is 29.5 Å². The number of amides is 2. The van der Waals surface area contributed by atoms with E-state index >= 15 is 0 Å². The molecular formula is C18H19N3O4. The maximum absolute atomic E-state index is 12.4. The second-order valence-electron chi connectivity index (χ2n) is 5.65. The third kappa shape index (κ3) is 3.55. The van der Waals surface area contributed by atoms with Gasteiger partial charge >= 0.3 is 0 Å². The number of carbonyl (C=O) groups excluding carboxylic acids is 2. The normalized spacial score (nSPS) is 16.6. The lowest BCUT2D eigenvalue weighted by Gasteiger charge is -2.20. The predicted molar refractivity (Wildman–Crippen MR) is 92.9 cm³/mol. The zero-order valence-corrected chi connectivity index (χ0v) is 14.1. The molecule has 7 nitrogen and oxygen atoms in total. The number of benzene rings is 1. The highest BCUT2D eigenvalue weighted by molar-refractivity contribution is 6.04. The van der Waals surface area contributed by atoms with Gasteiger partial charge in [0.1, 0.15) is 17.3 Å². The van der Waals surface area contributed by atoms with Crippen LogP contribution in [0.4, 0.5) is 11.5 Å². The Balaban J connectivity index is 1.75. The maximum atomic E-state index is 12.4. The van der Waals surface area contributed by atoms with Gasteiger partial charge in [0, 0.05) is 25.2 Å². The number of carbonyl (C=O) groups is 2. The van der Waals surface area contributed by atoms with Crippen molar-refractivity contribution in [2.24, 2.45) is 5.92 Å². The van der Waals surface area contributed by atoms with Crippen molar-refractivity contribution in [2.75, 3.05) is 31.0 Å². The number of ether oxygens (including phenoxy) is 2. The summed E-state index contributed by atoms with van der Waals surface area (Å²) in [6.07, 6.45) is 1.75. The lowest BCUT2D eigenvalue weighted by molar-refractivity contribution is -0.122. The monoisotopic (exact) mass is 341 g/mol. The molecule has 7 heteroatoms. The Morgan fingerprint density at radius 1 is 1.24 bits per heavy atom. The molecule has 0 bridgehead atoms. The van der Waals surface area contributed by atoms with Crippen LogP contribution in [0.15, 0.2) is 42.6 Å². The summed E-state index contributed by atoms with van der Waals surface area (Å²) >= 11 is 0. The SMILES string of the molecule is COc1ccc(N2C[C@H](C(=O)Nc3ccccn3)CC2=O)c(OC)c1. The Labute approximate surface area is 145 Å². The molecule has 130 valence electrons. The predicted octanol–water partition coefficient (Wildman–Crippen LogP) is 2.09. The number of methoxy groups -OCH3 is 2. The first kappa shape index (κ1) is 16.8. The van der Waals surface area contributed by atoms with Crippen molar-refractivity contribution < 1.29 is 19.1 Å². The van der Waals surface area contributed by atoms with E-state index in [4.69, 9.17) is 9.47 Å². The van der Waals surface area contributed by atoms with Gasteiger partial charge in [0.15, 0.2) is 0 Å². The third-order valence-corrected chi connectivity index (χ3v) is 4.09. The van der Waals surface area contributed by atoms with Gasteiger partial charge in [-0.2, -0.15) is 0 Å². The Morgan fingerprint density at radius 3 is 2.76 bits per heavy atom. The van der Waals surface area contributed by atoms with Crippen LogP contribution in [0.3, 0.4) is 0 Å². The molecule has 3 rings (SSSR count). The Hall–Kier alpha value is -3.09. The van der Waals surface area contributed by atoms with Crippen molar-refractivity contribution in [1.82, 2.24) is 4.98 Å². The molecule has 1 aliphatic rings. The summed E-state index contributed by atoms with van der Waals surface area (Å²) in [7, 11) is 3.09. The molecule has 1 N–H and O–H groups in total. The van der Waals surface area contributed by atoms with Crippen molar-refractivity contribution in [2.45, 2.75) is 6.42 Å². The van der Waals surface area contributed by atoms with Gasteiger partial charge < -0.3 is 19.7 Å². The van der Waals surface area contributed by atoms with Crippen molar-refractivity contribution in [3.05, 3.63) is 42.6 Å². The summed E-state index contributed by atoms with van der Waals surface area (Å²) in [4.78, 5) is 30.5. The number of anilines is 2. The first-order valence-corrected chi connectivity index (χ1v) is 7.86. The molecule has 25 heavy (non-hydrogen) atoms. The fraction of sp³-hybridized carbons (Fsp3) is 0.278. The largest absolute Gasteiger partial charge is 0.497 e. The van der Waals surface area contributed by atoms with Gasteiger partial charge in [-0.3, -0.25) is 9.59 Å². The van der Waals surface area contributed by atoms with Crippen molar-refractivity contribution in [3.8, 4) is 11.5 Å². The molecule has 1 saturated heterocycles. The summed E-state index contributed by atoms with van der Waals surface area (Å²) < 4.78 is 10.5. The second-order valence-corrected chi connectivity index (χ2v) is 5.65. The summed E-state index contributed by atoms with van der Waals surface area (Å²) in [5.74, 6) is 0.851. The van der Waals surface area contributed by atoms with Crippen LogP contribution in [0.5, 0.6) is 11.5 Å². The smallest absolute Gasteiger partial charge is 0.230 e. The van der Waals surface area contributed by atoms with E-state index in [1.165, 1.54) is 7.11 Å². The molecule has 2 amide bonds. The topological polar surface area (TPSA) is 80.8 Å². The number of pyridine rings is 1. The van der Waals surface area contributed by atoms with Gasteiger partial charge in [0.05, 0.1) is 25.8 Å². The molecule has 2 aromatic rings. The quantitative estimate of drug-likeness (QED) is 0.901. The van der Waals surface area contributed by atoms with Crippen LogP contribution in [0.1, 0.15) is 6.42 Å². The van der Waals surface area contributed by atoms with Crippen LogP contribution in [0.2, 0.25) is 0 Å². The molecule has 1 aromatic carbocycles. The Bertz CT molecular complexity index is 779. The second kappa shape index (κ2) is 7.21. The molecule has 1 aromatic heterocycles. The fourth-order valence-corrected chi connectivity index (χ4v) is 2.79. The first-order chi connectivity index (χ1) is 12.1. The summed E-state index contributed by atoms with van der Waals surface area (Å²) in [6, 6.07) is 10.5. The minimum absolute atomic E-state index is 0.121. The zero-order valence-electron chi connectivity index (χ0n) is 14.1. The standard InChI is InChI=1S/C18H19N3O4/c1-24-13-6-7-14(15(10-13)25-2)21-11-12(9-17(21)22)18(23)20-16-5-3-4-8-19-16/h3-8,10,12H,9,11H2,1-2H3,(H,19,20,23)/t12-/m1/s1. The number of aromatic nitrogens is 1. The Morgan fingerprint density at radius 2 is 2.08 bits per heavy atom. The molecule has 2 heterocycles. The van der Waals surface area contributed by atoms with E-state index in [2.05, 4.69) is 10.3 Å². The number of hydrogen-bond acceptors (Lipinski definition) is 5. The van der Waals surface area contributed by atoms with Crippen molar-refractivity contribution in [3.63, 3.8) is 0 Å². The van der Waals surface area contributed by atoms with Crippen molar-refractivity contribution in [1.29, 1.82) is 0 Å². The number of rotatable bonds is 5. The summed E-state index contributed by atoms with van der Waals surface area (Å²) in [6.45, 7) is 0.292. The lowest BCUT2D eigenvalue weighted by Crippen LogP contribution is -2.28. The zero-order chi connectivity index (χ0) is 17.8. The van der Waals surface area contributed by atoms with Gasteiger partial charge in [-0.25, -0.2) is 4.98 Å². The summed E-state index contributed by atoms with van der Waals surface area (Å²) in [5.41, 5.74) is 0.626. The minimum Gasteiger partial charge on any atom is -0.497 e. The van der Waals surface area contributed by atoms with E-state index in [0.717, 1.165) is 0 Å². The molecule has 1 fully saturated rings. The molecule has 0 spiro atoms. The lowest BCUT2D eigenvalue weighted by atomic mass is 10.1. The van der Waals surface area contributed by atoms with E-state index in [1.807, 2.05) is 0 Å². The van der Waals surface area contributed by atoms with Crippen molar-refractivity contribution >= 4 is 23.3 Å². The van der Waals surface area contributed by atoms with E-state index in [9.17, 15) is 9.59 Å². The molecule has 0 unspecified atom stereocenters. The highest BCUT2D eigenvalue weighted by Crippen LogP contribution is 2.35. The third-order valence-electron chi connectivity index (χ3n) is 4.09. The van der Waals surface area contributed by atoms with E-state index in [1.54, 1.807) is 54.6 Å². The van der Waals surface area contributed by atoms with Crippen LogP contribution in [0.25, 0.3) is 0 Å². The van der Waals surface area contributed by atoms with Crippen LogP contribution >= 0.6 is 0 Å². The van der Waals surface area contributed by atoms with Crippen LogP contribution in [-0.4, -0.2) is 37.6 Å². The fourth-order valence-electron chi connectivity index (χ4n) is 2.79. The average molecular weight is 341 g/mol. The molecule has 0 radical (unpaired) electrons. The van der Waals surface area contributed by atoms with Gasteiger partial charge in [0.25, 0.3) is 0 Å². The van der Waals surface area contributed by atoms with Gasteiger partial charge in [-0.1, -0.05) is 6.07 Å². The molecule has 1 aliphatic heterocycles. The van der Waals surface area contributed by atoms with E-state index in [-0.39, 0.29) is 18.2 Å². The molecule has 0 aliphatic carbocycles. The Kier molecular flexibility index (Phi) is 4.83. The highest BCUT2D eigenvalue weighted by Gasteiger charge is 2.36. The number of hydrogen-bond donors (Lipinski definition) is 1. The number of nitrogens with zero attached hydrogens (tertiary/aromatic N) is 2. The highest BCUT2D eigenvalue weighted by atomic mass is 16.5. The molecular weight excluding hydrogens is 322 g/mol. The van der Waals surface area contributed by atoms with Crippen LogP contribution < -0.4 is 19.7 Å². The number of nitrogens with one attached hydrogen (secondary N) is 1. The minimum atomic E-state index is -0.443. The maximum Gasteiger partial charge on any atom is 0.230 e. The van der Waals surface area contributed by atoms with E-state index < -0.39 is 5.92 Å².